The van der Waals surface area contributed by atoms with E-state index in [2.05, 4.69) is 25.4 Å². The molecule has 4 heterocycles. The van der Waals surface area contributed by atoms with Gasteiger partial charge in [-0.05, 0) is 50.5 Å². The zero-order valence-corrected chi connectivity index (χ0v) is 22.0. The van der Waals surface area contributed by atoms with Crippen molar-refractivity contribution in [1.29, 1.82) is 0 Å². The molecule has 11 nitrogen and oxygen atoms in total. The first-order valence-electron chi connectivity index (χ1n) is 12.5. The van der Waals surface area contributed by atoms with Crippen molar-refractivity contribution in [2.75, 3.05) is 37.5 Å². The Balaban J connectivity index is 1.33. The topological polar surface area (TPSA) is 132 Å². The van der Waals surface area contributed by atoms with Crippen LogP contribution in [0, 0.1) is 6.92 Å². The SMILES string of the molecule is COc1ccc(CNc2nccc(-c3[nH]nc4nc(N5CCC(C)(N(C)C(=O)O)CC5)cnc34)c2C)cc1. The van der Waals surface area contributed by atoms with Crippen LogP contribution in [0.15, 0.2) is 42.7 Å². The number of methoxy groups -OCH3 is 1. The summed E-state index contributed by atoms with van der Waals surface area (Å²) in [5.41, 5.74) is 4.69. The summed E-state index contributed by atoms with van der Waals surface area (Å²) in [4.78, 5) is 29.0. The lowest BCUT2D eigenvalue weighted by Crippen LogP contribution is -2.54. The number of nitrogens with one attached hydrogen (secondary N) is 2. The molecule has 1 amide bonds. The third kappa shape index (κ3) is 4.79. The Morgan fingerprint density at radius 2 is 1.95 bits per heavy atom. The number of benzene rings is 1. The average Bonchev–Trinajstić information content (AvgIpc) is 3.36. The highest BCUT2D eigenvalue weighted by Crippen LogP contribution is 2.32. The molecule has 0 atom stereocenters. The summed E-state index contributed by atoms with van der Waals surface area (Å²) in [5, 5.41) is 20.4. The van der Waals surface area contributed by atoms with Crippen molar-refractivity contribution in [2.45, 2.75) is 38.8 Å². The lowest BCUT2D eigenvalue weighted by atomic mass is 9.88. The number of nitrogens with zero attached hydrogens (tertiary/aromatic N) is 6. The van der Waals surface area contributed by atoms with Crippen LogP contribution in [0.5, 0.6) is 5.75 Å². The normalized spacial score (nSPS) is 14.9. The molecule has 1 aromatic carbocycles. The molecule has 4 aromatic rings. The summed E-state index contributed by atoms with van der Waals surface area (Å²) in [6.07, 6.45) is 4.06. The minimum atomic E-state index is -0.906. The number of fused-ring (bicyclic) bond motifs is 1. The summed E-state index contributed by atoms with van der Waals surface area (Å²) in [7, 11) is 3.29. The van der Waals surface area contributed by atoms with Crippen LogP contribution < -0.4 is 15.0 Å². The van der Waals surface area contributed by atoms with Crippen molar-refractivity contribution in [1.82, 2.24) is 30.0 Å². The smallest absolute Gasteiger partial charge is 0.407 e. The van der Waals surface area contributed by atoms with Gasteiger partial charge in [0.1, 0.15) is 22.9 Å². The van der Waals surface area contributed by atoms with Gasteiger partial charge in [-0.2, -0.15) is 5.10 Å². The molecule has 0 aliphatic carbocycles. The molecular formula is C27H32N8O3. The Morgan fingerprint density at radius 3 is 2.63 bits per heavy atom. The molecule has 1 aliphatic rings. The van der Waals surface area contributed by atoms with E-state index in [0.717, 1.165) is 39.8 Å². The van der Waals surface area contributed by atoms with Crippen LogP contribution in [-0.4, -0.2) is 74.0 Å². The summed E-state index contributed by atoms with van der Waals surface area (Å²) in [6, 6.07) is 9.87. The van der Waals surface area contributed by atoms with Crippen molar-refractivity contribution < 1.29 is 14.6 Å². The maximum Gasteiger partial charge on any atom is 0.407 e. The number of amides is 1. The predicted octanol–water partition coefficient (Wildman–Crippen LogP) is 4.31. The molecule has 1 fully saturated rings. The van der Waals surface area contributed by atoms with Gasteiger partial charge in [-0.1, -0.05) is 12.1 Å². The number of aromatic nitrogens is 5. The van der Waals surface area contributed by atoms with E-state index in [4.69, 9.17) is 14.7 Å². The number of carboxylic acid groups (broad SMARTS) is 1. The van der Waals surface area contributed by atoms with E-state index in [1.54, 1.807) is 26.6 Å². The fourth-order valence-electron chi connectivity index (χ4n) is 4.82. The van der Waals surface area contributed by atoms with Crippen molar-refractivity contribution >= 4 is 28.9 Å². The second kappa shape index (κ2) is 10.2. The van der Waals surface area contributed by atoms with Gasteiger partial charge in [0.2, 0.25) is 5.65 Å². The van der Waals surface area contributed by atoms with Gasteiger partial charge in [0.25, 0.3) is 0 Å². The van der Waals surface area contributed by atoms with Crippen LogP contribution >= 0.6 is 0 Å². The standard InChI is InChI=1S/C27H32N8O3/c1-17-20(9-12-28-24(17)30-15-18-5-7-19(38-4)8-6-18)22-23-25(33-32-22)31-21(16-29-23)35-13-10-27(2,11-14-35)34(3)26(36)37/h5-9,12,16H,10-11,13-15H2,1-4H3,(H,28,30)(H,36,37)(H,31,32,33). The highest BCUT2D eigenvalue weighted by atomic mass is 16.5. The van der Waals surface area contributed by atoms with Crippen LogP contribution in [0.2, 0.25) is 0 Å². The second-order valence-electron chi connectivity index (χ2n) is 9.86. The van der Waals surface area contributed by atoms with Gasteiger partial charge in [0.05, 0.1) is 19.0 Å². The second-order valence-corrected chi connectivity index (χ2v) is 9.86. The lowest BCUT2D eigenvalue weighted by molar-refractivity contribution is 0.0871. The summed E-state index contributed by atoms with van der Waals surface area (Å²) >= 11 is 0. The zero-order valence-electron chi connectivity index (χ0n) is 22.0. The first kappa shape index (κ1) is 25.2. The number of carbonyl (C=O) groups is 1. The maximum atomic E-state index is 11.5. The van der Waals surface area contributed by atoms with E-state index in [-0.39, 0.29) is 0 Å². The third-order valence-electron chi connectivity index (χ3n) is 7.61. The number of aromatic amines is 1. The van der Waals surface area contributed by atoms with Gasteiger partial charge in [-0.15, -0.1) is 0 Å². The van der Waals surface area contributed by atoms with Gasteiger partial charge >= 0.3 is 6.09 Å². The quantitative estimate of drug-likeness (QED) is 0.329. The molecule has 1 saturated heterocycles. The van der Waals surface area contributed by atoms with Crippen LogP contribution in [0.3, 0.4) is 0 Å². The lowest BCUT2D eigenvalue weighted by Gasteiger charge is -2.44. The summed E-state index contributed by atoms with van der Waals surface area (Å²) in [6.45, 7) is 6.03. The van der Waals surface area contributed by atoms with Crippen molar-refractivity contribution in [3.05, 3.63) is 53.9 Å². The number of H-pyrrole nitrogens is 1. The highest BCUT2D eigenvalue weighted by Gasteiger charge is 2.36. The Bertz CT molecular complexity index is 1440. The molecule has 3 aromatic heterocycles. The van der Waals surface area contributed by atoms with Gasteiger partial charge in [0, 0.05) is 49.5 Å². The molecule has 5 rings (SSSR count). The molecule has 0 unspecified atom stereocenters. The fourth-order valence-corrected chi connectivity index (χ4v) is 4.82. The molecule has 0 bridgehead atoms. The molecule has 1 aliphatic heterocycles. The van der Waals surface area contributed by atoms with E-state index in [0.29, 0.717) is 43.6 Å². The van der Waals surface area contributed by atoms with Gasteiger partial charge in [0.15, 0.2) is 0 Å². The Kier molecular flexibility index (Phi) is 6.75. The highest BCUT2D eigenvalue weighted by molar-refractivity contribution is 5.89. The van der Waals surface area contributed by atoms with Gasteiger partial charge in [-0.25, -0.2) is 19.7 Å². The molecule has 0 radical (unpaired) electrons. The number of ether oxygens (including phenoxy) is 1. The third-order valence-corrected chi connectivity index (χ3v) is 7.61. The van der Waals surface area contributed by atoms with E-state index in [9.17, 15) is 9.90 Å². The minimum absolute atomic E-state index is 0.392. The molecule has 198 valence electrons. The first-order valence-corrected chi connectivity index (χ1v) is 12.5. The number of anilines is 2. The largest absolute Gasteiger partial charge is 0.497 e. The van der Waals surface area contributed by atoms with E-state index in [1.807, 2.05) is 44.2 Å². The van der Waals surface area contributed by atoms with Crippen LogP contribution in [0.1, 0.15) is 30.9 Å². The Morgan fingerprint density at radius 1 is 1.21 bits per heavy atom. The molecular weight excluding hydrogens is 484 g/mol. The van der Waals surface area contributed by atoms with Gasteiger partial charge in [-0.3, -0.25) is 5.10 Å². The fraction of sp³-hybridized carbons (Fsp3) is 0.370. The zero-order chi connectivity index (χ0) is 26.9. The van der Waals surface area contributed by atoms with Crippen molar-refractivity contribution in [2.24, 2.45) is 0 Å². The number of pyridine rings is 1. The van der Waals surface area contributed by atoms with Crippen LogP contribution in [0.25, 0.3) is 22.4 Å². The van der Waals surface area contributed by atoms with Gasteiger partial charge < -0.3 is 25.0 Å². The van der Waals surface area contributed by atoms with E-state index in [1.165, 1.54) is 4.90 Å². The Labute approximate surface area is 220 Å². The number of piperidine rings is 1. The molecule has 11 heteroatoms. The van der Waals surface area contributed by atoms with Crippen molar-refractivity contribution in [3.8, 4) is 17.0 Å². The Hall–Kier alpha value is -4.41. The minimum Gasteiger partial charge on any atom is -0.497 e. The summed E-state index contributed by atoms with van der Waals surface area (Å²) in [5.74, 6) is 2.35. The summed E-state index contributed by atoms with van der Waals surface area (Å²) < 4.78 is 5.23. The van der Waals surface area contributed by atoms with Crippen LogP contribution in [0.4, 0.5) is 16.4 Å². The number of hydrogen-bond acceptors (Lipinski definition) is 8. The average molecular weight is 517 g/mol. The monoisotopic (exact) mass is 516 g/mol. The predicted molar refractivity (Wildman–Crippen MR) is 146 cm³/mol. The molecule has 0 spiro atoms. The van der Waals surface area contributed by atoms with Crippen molar-refractivity contribution in [3.63, 3.8) is 0 Å². The number of hydrogen-bond donors (Lipinski definition) is 3. The number of rotatable bonds is 7. The first-order chi connectivity index (χ1) is 18.3. The molecule has 38 heavy (non-hydrogen) atoms. The van der Waals surface area contributed by atoms with E-state index >= 15 is 0 Å². The maximum absolute atomic E-state index is 11.5. The molecule has 0 saturated carbocycles. The molecule has 3 N–H and O–H groups in total. The van der Waals surface area contributed by atoms with Crippen LogP contribution in [-0.2, 0) is 6.54 Å². The van der Waals surface area contributed by atoms with E-state index < -0.39 is 11.6 Å².